The zero-order chi connectivity index (χ0) is 8.91. The van der Waals surface area contributed by atoms with Crippen LogP contribution in [0.15, 0.2) is 25.3 Å². The molecule has 0 fully saturated rings. The molecule has 0 saturated heterocycles. The van der Waals surface area contributed by atoms with Crippen molar-refractivity contribution in [2.45, 2.75) is 0 Å². The summed E-state index contributed by atoms with van der Waals surface area (Å²) in [5, 5.41) is 0. The van der Waals surface area contributed by atoms with Crippen LogP contribution in [-0.2, 0) is 19.1 Å². The molecule has 0 aliphatic rings. The molecule has 0 atom stereocenters. The molecular weight excluding hydrogens is 168 g/mol. The van der Waals surface area contributed by atoms with E-state index in [2.05, 4.69) is 17.3 Å². The van der Waals surface area contributed by atoms with Crippen LogP contribution < -0.4 is 0 Å². The quantitative estimate of drug-likeness (QED) is 0.349. The Morgan fingerprint density at radius 1 is 1.45 bits per heavy atom. The first-order chi connectivity index (χ1) is 5.02. The summed E-state index contributed by atoms with van der Waals surface area (Å²) in [7, 11) is -3.78. The molecule has 0 bridgehead atoms. The van der Waals surface area contributed by atoms with Crippen molar-refractivity contribution in [2.75, 3.05) is 5.75 Å². The Bertz CT molecular complexity index is 262. The first-order valence-corrected chi connectivity index (χ1v) is 4.29. The van der Waals surface area contributed by atoms with E-state index >= 15 is 0 Å². The lowest BCUT2D eigenvalue weighted by molar-refractivity contribution is -0.128. The van der Waals surface area contributed by atoms with E-state index in [1.165, 1.54) is 0 Å². The van der Waals surface area contributed by atoms with Crippen LogP contribution >= 0.6 is 0 Å². The maximum absolute atomic E-state index is 10.6. The Balaban J connectivity index is 4.24. The Morgan fingerprint density at radius 3 is 2.36 bits per heavy atom. The van der Waals surface area contributed by atoms with Crippen LogP contribution in [-0.4, -0.2) is 20.1 Å². The van der Waals surface area contributed by atoms with Crippen molar-refractivity contribution < 1.29 is 17.4 Å². The Morgan fingerprint density at radius 2 is 2.00 bits per heavy atom. The third kappa shape index (κ3) is 4.32. The molecule has 11 heavy (non-hydrogen) atoms. The molecule has 4 nitrogen and oxygen atoms in total. The first kappa shape index (κ1) is 9.90. The summed E-state index contributed by atoms with van der Waals surface area (Å²) in [6.45, 7) is 6.22. The van der Waals surface area contributed by atoms with Gasteiger partial charge in [0.05, 0.1) is 0 Å². The molecule has 0 rings (SSSR count). The van der Waals surface area contributed by atoms with E-state index in [4.69, 9.17) is 0 Å². The standard InChI is InChI=1S/C6H8O4S/c1-3-5-11(8,9)10-6(7)4-2/h3-4H,1-2,5H2. The molecule has 0 spiro atoms. The molecule has 0 aromatic rings. The van der Waals surface area contributed by atoms with Crippen molar-refractivity contribution in [3.05, 3.63) is 25.3 Å². The Kier molecular flexibility index (Phi) is 3.53. The lowest BCUT2D eigenvalue weighted by atomic mass is 10.7. The second-order valence-corrected chi connectivity index (χ2v) is 3.23. The highest BCUT2D eigenvalue weighted by Crippen LogP contribution is 1.94. The largest absolute Gasteiger partial charge is 0.345 e. The fourth-order valence-electron chi connectivity index (χ4n) is 0.338. The van der Waals surface area contributed by atoms with E-state index < -0.39 is 16.1 Å². The van der Waals surface area contributed by atoms with Gasteiger partial charge in [-0.25, -0.2) is 4.79 Å². The normalized spacial score (nSPS) is 10.2. The monoisotopic (exact) mass is 176 g/mol. The molecule has 0 aliphatic carbocycles. The van der Waals surface area contributed by atoms with Crippen LogP contribution in [0, 0.1) is 0 Å². The highest BCUT2D eigenvalue weighted by molar-refractivity contribution is 7.87. The Hall–Kier alpha value is -1.10. The first-order valence-electron chi connectivity index (χ1n) is 2.71. The summed E-state index contributed by atoms with van der Waals surface area (Å²) in [5.74, 6) is -1.36. The van der Waals surface area contributed by atoms with Crippen LogP contribution in [0.3, 0.4) is 0 Å². The van der Waals surface area contributed by atoms with E-state index in [1.807, 2.05) is 0 Å². The second kappa shape index (κ2) is 3.92. The van der Waals surface area contributed by atoms with E-state index in [0.717, 1.165) is 12.2 Å². The Labute approximate surface area is 65.3 Å². The molecule has 0 aliphatic heterocycles. The second-order valence-electron chi connectivity index (χ2n) is 1.62. The summed E-state index contributed by atoms with van der Waals surface area (Å²) in [6.07, 6.45) is 1.91. The highest BCUT2D eigenvalue weighted by atomic mass is 32.2. The van der Waals surface area contributed by atoms with Crippen molar-refractivity contribution in [1.29, 1.82) is 0 Å². The van der Waals surface area contributed by atoms with Gasteiger partial charge in [0, 0.05) is 6.08 Å². The lowest BCUT2D eigenvalue weighted by Gasteiger charge is -1.98. The van der Waals surface area contributed by atoms with Gasteiger partial charge in [-0.05, 0) is 0 Å². The minimum Gasteiger partial charge on any atom is -0.342 e. The topological polar surface area (TPSA) is 60.4 Å². The van der Waals surface area contributed by atoms with Gasteiger partial charge in [0.15, 0.2) is 0 Å². The van der Waals surface area contributed by atoms with Gasteiger partial charge in [-0.2, -0.15) is 8.42 Å². The summed E-state index contributed by atoms with van der Waals surface area (Å²) in [4.78, 5) is 10.3. The maximum atomic E-state index is 10.6. The number of hydrogen-bond acceptors (Lipinski definition) is 4. The van der Waals surface area contributed by atoms with Gasteiger partial charge in [0.2, 0.25) is 0 Å². The minimum atomic E-state index is -3.78. The molecular formula is C6H8O4S. The molecule has 5 heteroatoms. The summed E-state index contributed by atoms with van der Waals surface area (Å²) < 4.78 is 25.2. The zero-order valence-electron chi connectivity index (χ0n) is 5.82. The molecule has 0 aromatic carbocycles. The van der Waals surface area contributed by atoms with Gasteiger partial charge in [0.1, 0.15) is 5.75 Å². The van der Waals surface area contributed by atoms with E-state index in [0.29, 0.717) is 0 Å². The van der Waals surface area contributed by atoms with Gasteiger partial charge < -0.3 is 4.18 Å². The van der Waals surface area contributed by atoms with Gasteiger partial charge in [-0.1, -0.05) is 12.7 Å². The molecule has 0 amide bonds. The number of rotatable bonds is 4. The average molecular weight is 176 g/mol. The highest BCUT2D eigenvalue weighted by Gasteiger charge is 2.11. The van der Waals surface area contributed by atoms with Crippen molar-refractivity contribution in [2.24, 2.45) is 0 Å². The van der Waals surface area contributed by atoms with Gasteiger partial charge in [-0.3, -0.25) is 0 Å². The van der Waals surface area contributed by atoms with E-state index in [9.17, 15) is 13.2 Å². The average Bonchev–Trinajstić information content (AvgIpc) is 1.86. The molecule has 0 unspecified atom stereocenters. The molecule has 0 aromatic heterocycles. The van der Waals surface area contributed by atoms with Crippen molar-refractivity contribution in [3.8, 4) is 0 Å². The molecule has 62 valence electrons. The SMILES string of the molecule is C=CCS(=O)(=O)OC(=O)C=C. The van der Waals surface area contributed by atoms with Gasteiger partial charge >= 0.3 is 16.1 Å². The summed E-state index contributed by atoms with van der Waals surface area (Å²) in [6, 6.07) is 0. The lowest BCUT2D eigenvalue weighted by Crippen LogP contribution is -2.12. The van der Waals surface area contributed by atoms with Crippen LogP contribution in [0.4, 0.5) is 0 Å². The minimum absolute atomic E-state index is 0.382. The predicted octanol–water partition coefficient (Wildman–Crippen LogP) is 0.231. The van der Waals surface area contributed by atoms with Gasteiger partial charge in [-0.15, -0.1) is 6.58 Å². The fourth-order valence-corrected chi connectivity index (χ4v) is 1.01. The van der Waals surface area contributed by atoms with Crippen molar-refractivity contribution in [3.63, 3.8) is 0 Å². The molecule has 0 heterocycles. The fraction of sp³-hybridized carbons (Fsp3) is 0.167. The number of hydrogen-bond donors (Lipinski definition) is 0. The zero-order valence-corrected chi connectivity index (χ0v) is 6.63. The predicted molar refractivity (Wildman–Crippen MR) is 40.3 cm³/mol. The van der Waals surface area contributed by atoms with Crippen LogP contribution in [0.2, 0.25) is 0 Å². The third-order valence-electron chi connectivity index (χ3n) is 0.698. The van der Waals surface area contributed by atoms with E-state index in [-0.39, 0.29) is 5.75 Å². The van der Waals surface area contributed by atoms with Crippen LogP contribution in [0.1, 0.15) is 0 Å². The maximum Gasteiger partial charge on any atom is 0.345 e. The summed E-state index contributed by atoms with van der Waals surface area (Å²) in [5.41, 5.74) is 0. The van der Waals surface area contributed by atoms with Crippen molar-refractivity contribution >= 4 is 16.1 Å². The van der Waals surface area contributed by atoms with Crippen LogP contribution in [0.25, 0.3) is 0 Å². The van der Waals surface area contributed by atoms with Gasteiger partial charge in [0.25, 0.3) is 0 Å². The third-order valence-corrected chi connectivity index (χ3v) is 1.76. The van der Waals surface area contributed by atoms with Crippen molar-refractivity contribution in [1.82, 2.24) is 0 Å². The number of carbonyl (C=O) groups is 1. The van der Waals surface area contributed by atoms with E-state index in [1.54, 1.807) is 0 Å². The number of carbonyl (C=O) groups excluding carboxylic acids is 1. The smallest absolute Gasteiger partial charge is 0.342 e. The molecule has 0 N–H and O–H groups in total. The molecule has 0 radical (unpaired) electrons. The molecule has 0 saturated carbocycles. The summed E-state index contributed by atoms with van der Waals surface area (Å²) >= 11 is 0. The van der Waals surface area contributed by atoms with Crippen LogP contribution in [0.5, 0.6) is 0 Å².